The Morgan fingerprint density at radius 3 is 2.73 bits per heavy atom. The van der Waals surface area contributed by atoms with Crippen molar-refractivity contribution >= 4 is 28.5 Å². The van der Waals surface area contributed by atoms with Crippen molar-refractivity contribution in [3.8, 4) is 11.5 Å². The molecule has 0 spiro atoms. The first-order valence-corrected chi connectivity index (χ1v) is 6.96. The minimum absolute atomic E-state index is 0.322. The average Bonchev–Trinajstić information content (AvgIpc) is 2.55. The molecule has 0 N–H and O–H groups in total. The van der Waals surface area contributed by atoms with Crippen LogP contribution in [0.25, 0.3) is 10.9 Å². The van der Waals surface area contributed by atoms with E-state index in [9.17, 15) is 4.79 Å². The van der Waals surface area contributed by atoms with Gasteiger partial charge in [0.15, 0.2) is 0 Å². The molecule has 0 unspecified atom stereocenters. The van der Waals surface area contributed by atoms with Gasteiger partial charge in [-0.3, -0.25) is 4.98 Å². The van der Waals surface area contributed by atoms with Gasteiger partial charge in [-0.1, -0.05) is 23.7 Å². The Kier molecular flexibility index (Phi) is 3.94. The number of esters is 1. The maximum Gasteiger partial charge on any atom is 0.345 e. The van der Waals surface area contributed by atoms with Crippen molar-refractivity contribution in [2.75, 3.05) is 7.11 Å². The molecule has 2 aromatic carbocycles. The molecule has 0 saturated heterocycles. The lowest BCUT2D eigenvalue weighted by Gasteiger charge is -2.09. The number of ether oxygens (including phenoxy) is 2. The van der Waals surface area contributed by atoms with E-state index < -0.39 is 5.97 Å². The van der Waals surface area contributed by atoms with Crippen LogP contribution in [0.15, 0.2) is 54.7 Å². The van der Waals surface area contributed by atoms with Crippen LogP contribution in [0.2, 0.25) is 5.02 Å². The number of rotatable bonds is 3. The molecule has 110 valence electrons. The van der Waals surface area contributed by atoms with Gasteiger partial charge >= 0.3 is 5.97 Å². The first-order chi connectivity index (χ1) is 10.7. The van der Waals surface area contributed by atoms with Gasteiger partial charge in [0.2, 0.25) is 0 Å². The smallest absolute Gasteiger partial charge is 0.345 e. The minimum atomic E-state index is -0.506. The number of hydrogen-bond acceptors (Lipinski definition) is 4. The van der Waals surface area contributed by atoms with Crippen LogP contribution < -0.4 is 9.47 Å². The highest BCUT2D eigenvalue weighted by atomic mass is 35.5. The molecule has 3 aromatic rings. The van der Waals surface area contributed by atoms with Crippen molar-refractivity contribution in [1.82, 2.24) is 4.98 Å². The van der Waals surface area contributed by atoms with Crippen LogP contribution >= 0.6 is 11.6 Å². The summed E-state index contributed by atoms with van der Waals surface area (Å²) in [7, 11) is 1.59. The first-order valence-electron chi connectivity index (χ1n) is 6.58. The van der Waals surface area contributed by atoms with E-state index in [0.29, 0.717) is 27.6 Å². The van der Waals surface area contributed by atoms with Gasteiger partial charge in [0.1, 0.15) is 11.5 Å². The van der Waals surface area contributed by atoms with Crippen LogP contribution in [0.1, 0.15) is 10.4 Å². The van der Waals surface area contributed by atoms with Gasteiger partial charge in [-0.15, -0.1) is 0 Å². The number of carbonyl (C=O) groups excluding carboxylic acids is 1. The standard InChI is InChI=1S/C17H12ClNO3/c1-21-11-6-7-13-15(10-11)19-9-8-16(13)22-17(20)12-4-2-3-5-14(12)18/h2-10H,1H3. The third-order valence-electron chi connectivity index (χ3n) is 3.21. The molecule has 0 saturated carbocycles. The summed E-state index contributed by atoms with van der Waals surface area (Å²) in [5, 5.41) is 1.08. The van der Waals surface area contributed by atoms with E-state index in [4.69, 9.17) is 21.1 Å². The second kappa shape index (κ2) is 6.03. The molecule has 1 aromatic heterocycles. The SMILES string of the molecule is COc1ccc2c(OC(=O)c3ccccc3Cl)ccnc2c1. The average molecular weight is 314 g/mol. The molecule has 5 heteroatoms. The van der Waals surface area contributed by atoms with Gasteiger partial charge in [-0.25, -0.2) is 4.79 Å². The van der Waals surface area contributed by atoms with Crippen molar-refractivity contribution in [3.05, 3.63) is 65.3 Å². The fourth-order valence-electron chi connectivity index (χ4n) is 2.10. The summed E-state index contributed by atoms with van der Waals surface area (Å²) >= 11 is 6.01. The molecule has 1 heterocycles. The van der Waals surface area contributed by atoms with Gasteiger partial charge in [0, 0.05) is 17.6 Å². The molecule has 0 atom stereocenters. The summed E-state index contributed by atoms with van der Waals surface area (Å²) < 4.78 is 10.6. The second-order valence-corrected chi connectivity index (χ2v) is 4.97. The number of nitrogens with zero attached hydrogens (tertiary/aromatic N) is 1. The minimum Gasteiger partial charge on any atom is -0.497 e. The van der Waals surface area contributed by atoms with Crippen LogP contribution in [0.3, 0.4) is 0 Å². The highest BCUT2D eigenvalue weighted by Crippen LogP contribution is 2.28. The second-order valence-electron chi connectivity index (χ2n) is 4.56. The maximum absolute atomic E-state index is 12.2. The number of fused-ring (bicyclic) bond motifs is 1. The molecular weight excluding hydrogens is 302 g/mol. The zero-order chi connectivity index (χ0) is 15.5. The predicted molar refractivity (Wildman–Crippen MR) is 84.7 cm³/mol. The highest BCUT2D eigenvalue weighted by Gasteiger charge is 2.14. The first kappa shape index (κ1) is 14.4. The molecule has 3 rings (SSSR count). The molecule has 0 bridgehead atoms. The van der Waals surface area contributed by atoms with Gasteiger partial charge in [0.05, 0.1) is 23.2 Å². The van der Waals surface area contributed by atoms with E-state index in [1.165, 1.54) is 0 Å². The van der Waals surface area contributed by atoms with E-state index in [0.717, 1.165) is 5.39 Å². The Balaban J connectivity index is 1.97. The maximum atomic E-state index is 12.2. The van der Waals surface area contributed by atoms with Crippen molar-refractivity contribution in [1.29, 1.82) is 0 Å². The van der Waals surface area contributed by atoms with Crippen LogP contribution in [0, 0.1) is 0 Å². The summed E-state index contributed by atoms with van der Waals surface area (Å²) in [6.45, 7) is 0. The number of benzene rings is 2. The largest absolute Gasteiger partial charge is 0.497 e. The van der Waals surface area contributed by atoms with Gasteiger partial charge in [-0.2, -0.15) is 0 Å². The lowest BCUT2D eigenvalue weighted by molar-refractivity contribution is 0.0737. The topological polar surface area (TPSA) is 48.4 Å². The summed E-state index contributed by atoms with van der Waals surface area (Å²) in [5.74, 6) is 0.612. The molecular formula is C17H12ClNO3. The summed E-state index contributed by atoms with van der Waals surface area (Å²) in [4.78, 5) is 16.5. The van der Waals surface area contributed by atoms with Crippen molar-refractivity contribution < 1.29 is 14.3 Å². The zero-order valence-corrected chi connectivity index (χ0v) is 12.5. The van der Waals surface area contributed by atoms with Crippen LogP contribution in [0.5, 0.6) is 11.5 Å². The predicted octanol–water partition coefficient (Wildman–Crippen LogP) is 4.12. The van der Waals surface area contributed by atoms with Crippen molar-refractivity contribution in [2.45, 2.75) is 0 Å². The number of hydrogen-bond donors (Lipinski definition) is 0. The monoisotopic (exact) mass is 313 g/mol. The summed E-state index contributed by atoms with van der Waals surface area (Å²) in [6.07, 6.45) is 1.58. The molecule has 0 radical (unpaired) electrons. The third kappa shape index (κ3) is 2.73. The van der Waals surface area contributed by atoms with E-state index in [1.807, 2.05) is 0 Å². The lowest BCUT2D eigenvalue weighted by atomic mass is 10.2. The molecule has 22 heavy (non-hydrogen) atoms. The lowest BCUT2D eigenvalue weighted by Crippen LogP contribution is -2.09. The molecule has 0 aliphatic rings. The summed E-state index contributed by atoms with van der Waals surface area (Å²) in [5.41, 5.74) is 1.01. The van der Waals surface area contributed by atoms with Crippen LogP contribution in [-0.2, 0) is 0 Å². The van der Waals surface area contributed by atoms with E-state index in [-0.39, 0.29) is 0 Å². The van der Waals surface area contributed by atoms with Crippen molar-refractivity contribution in [3.63, 3.8) is 0 Å². The van der Waals surface area contributed by atoms with Crippen LogP contribution in [0.4, 0.5) is 0 Å². The van der Waals surface area contributed by atoms with Crippen molar-refractivity contribution in [2.24, 2.45) is 0 Å². The Bertz CT molecular complexity index is 848. The fraction of sp³-hybridized carbons (Fsp3) is 0.0588. The Hall–Kier alpha value is -2.59. The van der Waals surface area contributed by atoms with E-state index in [1.54, 1.807) is 61.8 Å². The summed E-state index contributed by atoms with van der Waals surface area (Å²) in [6, 6.07) is 13.8. The number of carbonyl (C=O) groups is 1. The Morgan fingerprint density at radius 2 is 1.95 bits per heavy atom. The van der Waals surface area contributed by atoms with E-state index >= 15 is 0 Å². The van der Waals surface area contributed by atoms with E-state index in [2.05, 4.69) is 4.98 Å². The van der Waals surface area contributed by atoms with Gasteiger partial charge in [0.25, 0.3) is 0 Å². The normalized spacial score (nSPS) is 10.5. The molecule has 0 amide bonds. The number of methoxy groups -OCH3 is 1. The third-order valence-corrected chi connectivity index (χ3v) is 3.54. The number of halogens is 1. The molecule has 4 nitrogen and oxygen atoms in total. The number of pyridine rings is 1. The quantitative estimate of drug-likeness (QED) is 0.683. The Labute approximate surface area is 132 Å². The van der Waals surface area contributed by atoms with Gasteiger partial charge in [-0.05, 0) is 30.3 Å². The fourth-order valence-corrected chi connectivity index (χ4v) is 2.31. The number of aromatic nitrogens is 1. The highest BCUT2D eigenvalue weighted by molar-refractivity contribution is 6.33. The Morgan fingerprint density at radius 1 is 1.14 bits per heavy atom. The van der Waals surface area contributed by atoms with Gasteiger partial charge < -0.3 is 9.47 Å². The molecule has 0 aliphatic carbocycles. The molecule has 0 fully saturated rings. The molecule has 0 aliphatic heterocycles. The zero-order valence-electron chi connectivity index (χ0n) is 11.7. The van der Waals surface area contributed by atoms with Crippen LogP contribution in [-0.4, -0.2) is 18.1 Å².